The molecule has 108 valence electrons. The third-order valence-electron chi connectivity index (χ3n) is 5.37. The summed E-state index contributed by atoms with van der Waals surface area (Å²) in [6, 6.07) is -0.455. The molecule has 1 atom stereocenters. The quantitative estimate of drug-likeness (QED) is 0.787. The second kappa shape index (κ2) is 5.28. The molecule has 4 aliphatic carbocycles. The van der Waals surface area contributed by atoms with Crippen molar-refractivity contribution in [1.29, 1.82) is 0 Å². The lowest BCUT2D eigenvalue weighted by Crippen LogP contribution is -2.47. The zero-order valence-corrected chi connectivity index (χ0v) is 12.6. The molecule has 4 aliphatic rings. The Morgan fingerprint density at radius 2 is 1.79 bits per heavy atom. The number of ether oxygens (including phenoxy) is 1. The van der Waals surface area contributed by atoms with Crippen LogP contribution in [0.25, 0.3) is 0 Å². The fourth-order valence-corrected chi connectivity index (χ4v) is 6.38. The number of carbonyl (C=O) groups is 1. The van der Waals surface area contributed by atoms with Gasteiger partial charge in [-0.1, -0.05) is 0 Å². The predicted octanol–water partition coefficient (Wildman–Crippen LogP) is 2.44. The lowest BCUT2D eigenvalue weighted by molar-refractivity contribution is -0.141. The summed E-state index contributed by atoms with van der Waals surface area (Å²) in [5.74, 6) is 4.62. The van der Waals surface area contributed by atoms with Gasteiger partial charge in [-0.25, -0.2) is 0 Å². The molecule has 0 aliphatic heterocycles. The van der Waals surface area contributed by atoms with Crippen LogP contribution in [0.3, 0.4) is 0 Å². The Balaban J connectivity index is 1.51. The molecule has 0 amide bonds. The number of esters is 1. The number of hydrogen-bond acceptors (Lipinski definition) is 4. The minimum Gasteiger partial charge on any atom is -0.468 e. The van der Waals surface area contributed by atoms with Gasteiger partial charge in [-0.05, 0) is 67.4 Å². The maximum atomic E-state index is 11.3. The van der Waals surface area contributed by atoms with Crippen LogP contribution in [0.2, 0.25) is 0 Å². The summed E-state index contributed by atoms with van der Waals surface area (Å²) in [7, 11) is 1.41. The molecule has 1 unspecified atom stereocenters. The van der Waals surface area contributed by atoms with E-state index in [-0.39, 0.29) is 5.97 Å². The maximum absolute atomic E-state index is 11.3. The van der Waals surface area contributed by atoms with Crippen molar-refractivity contribution >= 4 is 17.7 Å². The van der Waals surface area contributed by atoms with Crippen LogP contribution in [0.15, 0.2) is 0 Å². The molecular weight excluding hydrogens is 258 g/mol. The molecule has 4 saturated carbocycles. The van der Waals surface area contributed by atoms with Crippen molar-refractivity contribution in [3.05, 3.63) is 0 Å². The first-order valence-electron chi connectivity index (χ1n) is 7.51. The van der Waals surface area contributed by atoms with Crippen LogP contribution >= 0.6 is 11.8 Å². The van der Waals surface area contributed by atoms with Crippen LogP contribution in [0.1, 0.15) is 38.5 Å². The molecule has 0 heterocycles. The molecule has 0 aromatic carbocycles. The zero-order valence-electron chi connectivity index (χ0n) is 11.8. The molecular formula is C15H25NO2S. The molecule has 2 N–H and O–H groups in total. The van der Waals surface area contributed by atoms with E-state index in [2.05, 4.69) is 4.74 Å². The van der Waals surface area contributed by atoms with Crippen LogP contribution in [-0.4, -0.2) is 30.6 Å². The Morgan fingerprint density at radius 1 is 1.26 bits per heavy atom. The van der Waals surface area contributed by atoms with Gasteiger partial charge in [0.05, 0.1) is 7.11 Å². The molecule has 0 saturated heterocycles. The maximum Gasteiger partial charge on any atom is 0.323 e. The topological polar surface area (TPSA) is 52.3 Å². The fraction of sp³-hybridized carbons (Fsp3) is 0.933. The predicted molar refractivity (Wildman–Crippen MR) is 77.9 cm³/mol. The van der Waals surface area contributed by atoms with Crippen LogP contribution in [0, 0.1) is 23.2 Å². The molecule has 4 bridgehead atoms. The minimum atomic E-state index is -0.455. The van der Waals surface area contributed by atoms with Gasteiger partial charge < -0.3 is 10.5 Å². The van der Waals surface area contributed by atoms with Crippen molar-refractivity contribution in [3.8, 4) is 0 Å². The Kier molecular flexibility index (Phi) is 3.82. The van der Waals surface area contributed by atoms with Crippen molar-refractivity contribution in [1.82, 2.24) is 0 Å². The van der Waals surface area contributed by atoms with E-state index >= 15 is 0 Å². The SMILES string of the molecule is COC(=O)C(N)CSCC12CC3CC(CC(C3)C1)C2. The third-order valence-corrected chi connectivity index (χ3v) is 6.79. The largest absolute Gasteiger partial charge is 0.468 e. The van der Waals surface area contributed by atoms with E-state index in [1.807, 2.05) is 11.8 Å². The lowest BCUT2D eigenvalue weighted by atomic mass is 9.50. The highest BCUT2D eigenvalue weighted by molar-refractivity contribution is 7.99. The monoisotopic (exact) mass is 283 g/mol. The summed E-state index contributed by atoms with van der Waals surface area (Å²) >= 11 is 1.87. The van der Waals surface area contributed by atoms with Crippen molar-refractivity contribution in [2.24, 2.45) is 28.9 Å². The number of thioether (sulfide) groups is 1. The summed E-state index contributed by atoms with van der Waals surface area (Å²) in [5.41, 5.74) is 6.39. The van der Waals surface area contributed by atoms with Crippen LogP contribution < -0.4 is 5.73 Å². The first-order chi connectivity index (χ1) is 9.10. The Labute approximate surface area is 120 Å². The van der Waals surface area contributed by atoms with Gasteiger partial charge >= 0.3 is 5.97 Å². The number of nitrogens with two attached hydrogens (primary N) is 1. The number of carbonyl (C=O) groups excluding carboxylic acids is 1. The average molecular weight is 283 g/mol. The van der Waals surface area contributed by atoms with E-state index in [1.54, 1.807) is 0 Å². The van der Waals surface area contributed by atoms with Crippen molar-refractivity contribution in [2.75, 3.05) is 18.6 Å². The van der Waals surface area contributed by atoms with E-state index in [9.17, 15) is 4.79 Å². The highest BCUT2D eigenvalue weighted by Crippen LogP contribution is 2.60. The molecule has 19 heavy (non-hydrogen) atoms. The lowest BCUT2D eigenvalue weighted by Gasteiger charge is -2.57. The van der Waals surface area contributed by atoms with E-state index in [1.165, 1.54) is 51.4 Å². The Bertz CT molecular complexity index is 323. The molecule has 4 heteroatoms. The summed E-state index contributed by atoms with van der Waals surface area (Å²) in [4.78, 5) is 11.3. The normalized spacial score (nSPS) is 41.3. The molecule has 3 nitrogen and oxygen atoms in total. The second-order valence-electron chi connectivity index (χ2n) is 7.06. The molecule has 0 radical (unpaired) electrons. The highest BCUT2D eigenvalue weighted by Gasteiger charge is 2.50. The highest BCUT2D eigenvalue weighted by atomic mass is 32.2. The number of methoxy groups -OCH3 is 1. The molecule has 0 aromatic rings. The van der Waals surface area contributed by atoms with Crippen molar-refractivity contribution in [2.45, 2.75) is 44.6 Å². The summed E-state index contributed by atoms with van der Waals surface area (Å²) in [6.07, 6.45) is 8.77. The molecule has 0 spiro atoms. The van der Waals surface area contributed by atoms with E-state index in [0.717, 1.165) is 17.8 Å². The zero-order chi connectivity index (χ0) is 13.5. The summed E-state index contributed by atoms with van der Waals surface area (Å²) in [5, 5.41) is 0. The van der Waals surface area contributed by atoms with E-state index in [0.29, 0.717) is 11.2 Å². The summed E-state index contributed by atoms with van der Waals surface area (Å²) < 4.78 is 4.68. The molecule has 4 fully saturated rings. The fourth-order valence-electron chi connectivity index (χ4n) is 5.09. The van der Waals surface area contributed by atoms with Gasteiger partial charge in [-0.3, -0.25) is 4.79 Å². The molecule has 4 rings (SSSR count). The van der Waals surface area contributed by atoms with Crippen molar-refractivity contribution < 1.29 is 9.53 Å². The second-order valence-corrected chi connectivity index (χ2v) is 8.09. The number of rotatable bonds is 5. The minimum absolute atomic E-state index is 0.280. The van der Waals surface area contributed by atoms with E-state index in [4.69, 9.17) is 5.73 Å². The van der Waals surface area contributed by atoms with Crippen LogP contribution in [-0.2, 0) is 9.53 Å². The number of hydrogen-bond donors (Lipinski definition) is 1. The van der Waals surface area contributed by atoms with Crippen LogP contribution in [0.4, 0.5) is 0 Å². The van der Waals surface area contributed by atoms with Gasteiger partial charge in [0, 0.05) is 5.75 Å². The average Bonchev–Trinajstić information content (AvgIpc) is 2.35. The standard InChI is InChI=1S/C15H25NO2S/c1-18-14(17)13(16)8-19-9-15-5-10-2-11(6-15)4-12(3-10)7-15/h10-13H,2-9,16H2,1H3. The van der Waals surface area contributed by atoms with Gasteiger partial charge in [0.1, 0.15) is 6.04 Å². The van der Waals surface area contributed by atoms with Gasteiger partial charge in [0.2, 0.25) is 0 Å². The summed E-state index contributed by atoms with van der Waals surface area (Å²) in [6.45, 7) is 0. The van der Waals surface area contributed by atoms with Gasteiger partial charge in [-0.15, -0.1) is 0 Å². The first-order valence-corrected chi connectivity index (χ1v) is 8.67. The van der Waals surface area contributed by atoms with Crippen molar-refractivity contribution in [3.63, 3.8) is 0 Å². The van der Waals surface area contributed by atoms with Gasteiger partial charge in [-0.2, -0.15) is 11.8 Å². The molecule has 0 aromatic heterocycles. The Hall–Kier alpha value is -0.220. The smallest absolute Gasteiger partial charge is 0.323 e. The first kappa shape index (κ1) is 13.7. The third kappa shape index (κ3) is 2.80. The van der Waals surface area contributed by atoms with Crippen LogP contribution in [0.5, 0.6) is 0 Å². The Morgan fingerprint density at radius 3 is 2.26 bits per heavy atom. The van der Waals surface area contributed by atoms with Gasteiger partial charge in [0.15, 0.2) is 0 Å². The van der Waals surface area contributed by atoms with Gasteiger partial charge in [0.25, 0.3) is 0 Å². The van der Waals surface area contributed by atoms with E-state index < -0.39 is 6.04 Å².